The molecule has 0 unspecified atom stereocenters. The third-order valence-corrected chi connectivity index (χ3v) is 2.07. The minimum absolute atomic E-state index is 0.159. The number of hydrogen-bond acceptors (Lipinski definition) is 4. The maximum atomic E-state index is 10.2. The van der Waals surface area contributed by atoms with Gasteiger partial charge in [0.2, 0.25) is 0 Å². The van der Waals surface area contributed by atoms with E-state index in [4.69, 9.17) is 19.3 Å². The topological polar surface area (TPSA) is 65.0 Å². The summed E-state index contributed by atoms with van der Waals surface area (Å²) in [5.74, 6) is -0.783. The zero-order valence-electron chi connectivity index (χ0n) is 10.7. The van der Waals surface area contributed by atoms with Crippen molar-refractivity contribution >= 4 is 5.97 Å². The fraction of sp³-hybridized carbons (Fsp3) is 0.917. The lowest BCUT2D eigenvalue weighted by Crippen LogP contribution is -2.10. The van der Waals surface area contributed by atoms with E-state index >= 15 is 0 Å². The highest BCUT2D eigenvalue weighted by atomic mass is 16.5. The van der Waals surface area contributed by atoms with Crippen molar-refractivity contribution in [1.29, 1.82) is 0 Å². The van der Waals surface area contributed by atoms with E-state index in [0.29, 0.717) is 39.5 Å². The Morgan fingerprint density at radius 2 is 1.35 bits per heavy atom. The Hall–Kier alpha value is -0.650. The van der Waals surface area contributed by atoms with Crippen LogP contribution in [-0.4, -0.2) is 50.7 Å². The van der Waals surface area contributed by atoms with E-state index in [2.05, 4.69) is 6.92 Å². The van der Waals surface area contributed by atoms with Crippen molar-refractivity contribution < 1.29 is 24.1 Å². The molecule has 5 nitrogen and oxygen atoms in total. The summed E-state index contributed by atoms with van der Waals surface area (Å²) < 4.78 is 15.8. The smallest absolute Gasteiger partial charge is 0.303 e. The fourth-order valence-electron chi connectivity index (χ4n) is 1.11. The first-order valence-corrected chi connectivity index (χ1v) is 6.22. The van der Waals surface area contributed by atoms with Crippen molar-refractivity contribution in [3.8, 4) is 0 Å². The SMILES string of the molecule is CCCCOCCOCCOCCCC(=O)O. The van der Waals surface area contributed by atoms with Gasteiger partial charge in [0.05, 0.1) is 26.4 Å². The molecule has 0 bridgehead atoms. The van der Waals surface area contributed by atoms with Gasteiger partial charge in [-0.25, -0.2) is 0 Å². The Bertz CT molecular complexity index is 172. The van der Waals surface area contributed by atoms with Gasteiger partial charge in [0.25, 0.3) is 0 Å². The van der Waals surface area contributed by atoms with E-state index in [-0.39, 0.29) is 6.42 Å². The first-order valence-electron chi connectivity index (χ1n) is 6.22. The number of carbonyl (C=O) groups is 1. The Labute approximate surface area is 103 Å². The summed E-state index contributed by atoms with van der Waals surface area (Å²) in [5, 5.41) is 8.38. The second-order valence-corrected chi connectivity index (χ2v) is 3.69. The van der Waals surface area contributed by atoms with Gasteiger partial charge in [-0.1, -0.05) is 13.3 Å². The molecular weight excluding hydrogens is 224 g/mol. The molecule has 0 aliphatic heterocycles. The number of aliphatic carboxylic acids is 1. The largest absolute Gasteiger partial charge is 0.481 e. The summed E-state index contributed by atoms with van der Waals surface area (Å²) in [6.45, 7) is 5.65. The molecule has 1 N–H and O–H groups in total. The molecule has 0 aliphatic carbocycles. The number of unbranched alkanes of at least 4 members (excludes halogenated alkanes) is 1. The van der Waals surface area contributed by atoms with Gasteiger partial charge in [0, 0.05) is 19.6 Å². The van der Waals surface area contributed by atoms with Gasteiger partial charge in [-0.05, 0) is 12.8 Å². The highest BCUT2D eigenvalue weighted by Gasteiger charge is 1.96. The Morgan fingerprint density at radius 1 is 0.882 bits per heavy atom. The predicted molar refractivity (Wildman–Crippen MR) is 64.2 cm³/mol. The van der Waals surface area contributed by atoms with E-state index in [1.165, 1.54) is 0 Å². The first kappa shape index (κ1) is 16.4. The first-order chi connectivity index (χ1) is 8.27. The molecule has 102 valence electrons. The van der Waals surface area contributed by atoms with E-state index in [1.807, 2.05) is 0 Å². The molecule has 0 saturated carbocycles. The zero-order chi connectivity index (χ0) is 12.8. The van der Waals surface area contributed by atoms with Crippen LogP contribution in [0, 0.1) is 0 Å². The molecule has 0 radical (unpaired) electrons. The second-order valence-electron chi connectivity index (χ2n) is 3.69. The second kappa shape index (κ2) is 13.4. The molecule has 0 spiro atoms. The highest BCUT2D eigenvalue weighted by molar-refractivity contribution is 5.66. The van der Waals surface area contributed by atoms with Crippen molar-refractivity contribution in [3.05, 3.63) is 0 Å². The van der Waals surface area contributed by atoms with Crippen LogP contribution in [0.25, 0.3) is 0 Å². The van der Waals surface area contributed by atoms with Gasteiger partial charge in [0.1, 0.15) is 0 Å². The normalized spacial score (nSPS) is 10.6. The van der Waals surface area contributed by atoms with Crippen LogP contribution in [0.5, 0.6) is 0 Å². The molecule has 0 aliphatic rings. The number of ether oxygens (including phenoxy) is 3. The van der Waals surface area contributed by atoms with Crippen LogP contribution in [0.15, 0.2) is 0 Å². The van der Waals surface area contributed by atoms with Gasteiger partial charge in [-0.3, -0.25) is 4.79 Å². The number of carboxylic acids is 1. The maximum Gasteiger partial charge on any atom is 0.303 e. The predicted octanol–water partition coefficient (Wildman–Crippen LogP) is 1.70. The van der Waals surface area contributed by atoms with Crippen LogP contribution in [-0.2, 0) is 19.0 Å². The molecule has 0 heterocycles. The lowest BCUT2D eigenvalue weighted by molar-refractivity contribution is -0.137. The Balaban J connectivity index is 2.91. The van der Waals surface area contributed by atoms with E-state index in [0.717, 1.165) is 19.4 Å². The zero-order valence-corrected chi connectivity index (χ0v) is 10.7. The molecule has 0 amide bonds. The molecule has 0 aromatic carbocycles. The Kier molecular flexibility index (Phi) is 12.9. The minimum Gasteiger partial charge on any atom is -0.481 e. The molecule has 5 heteroatoms. The van der Waals surface area contributed by atoms with Gasteiger partial charge in [0.15, 0.2) is 0 Å². The molecule has 0 aromatic rings. The van der Waals surface area contributed by atoms with Crippen LogP contribution < -0.4 is 0 Å². The molecule has 0 fully saturated rings. The summed E-state index contributed by atoms with van der Waals surface area (Å²) in [7, 11) is 0. The van der Waals surface area contributed by atoms with Crippen molar-refractivity contribution in [2.24, 2.45) is 0 Å². The number of hydrogen-bond donors (Lipinski definition) is 1. The molecule has 17 heavy (non-hydrogen) atoms. The van der Waals surface area contributed by atoms with Crippen molar-refractivity contribution in [2.75, 3.05) is 39.6 Å². The molecule has 0 rings (SSSR count). The molecule has 0 saturated heterocycles. The highest BCUT2D eigenvalue weighted by Crippen LogP contribution is 1.90. The number of rotatable bonds is 13. The minimum atomic E-state index is -0.783. The summed E-state index contributed by atoms with van der Waals surface area (Å²) in [4.78, 5) is 10.2. The summed E-state index contributed by atoms with van der Waals surface area (Å²) in [6, 6.07) is 0. The van der Waals surface area contributed by atoms with Gasteiger partial charge >= 0.3 is 5.97 Å². The van der Waals surface area contributed by atoms with E-state index in [9.17, 15) is 4.79 Å². The standard InChI is InChI=1S/C12H24O5/c1-2-3-6-15-8-10-17-11-9-16-7-4-5-12(13)14/h2-11H2,1H3,(H,13,14). The monoisotopic (exact) mass is 248 g/mol. The Morgan fingerprint density at radius 3 is 1.82 bits per heavy atom. The van der Waals surface area contributed by atoms with E-state index in [1.54, 1.807) is 0 Å². The lowest BCUT2D eigenvalue weighted by atomic mass is 10.3. The average Bonchev–Trinajstić information content (AvgIpc) is 2.30. The third kappa shape index (κ3) is 15.4. The van der Waals surface area contributed by atoms with Crippen LogP contribution in [0.4, 0.5) is 0 Å². The maximum absolute atomic E-state index is 10.2. The summed E-state index contributed by atoms with van der Waals surface area (Å²) in [5.41, 5.74) is 0. The van der Waals surface area contributed by atoms with Gasteiger partial charge in [-0.2, -0.15) is 0 Å². The lowest BCUT2D eigenvalue weighted by Gasteiger charge is -2.06. The summed E-state index contributed by atoms with van der Waals surface area (Å²) >= 11 is 0. The fourth-order valence-corrected chi connectivity index (χ4v) is 1.11. The molecular formula is C12H24O5. The third-order valence-electron chi connectivity index (χ3n) is 2.07. The van der Waals surface area contributed by atoms with Crippen LogP contribution in [0.1, 0.15) is 32.6 Å². The van der Waals surface area contributed by atoms with Crippen molar-refractivity contribution in [1.82, 2.24) is 0 Å². The summed E-state index contributed by atoms with van der Waals surface area (Å²) in [6.07, 6.45) is 2.94. The average molecular weight is 248 g/mol. The van der Waals surface area contributed by atoms with Crippen molar-refractivity contribution in [2.45, 2.75) is 32.6 Å². The van der Waals surface area contributed by atoms with Gasteiger partial charge < -0.3 is 19.3 Å². The number of carboxylic acid groups (broad SMARTS) is 1. The van der Waals surface area contributed by atoms with Crippen LogP contribution in [0.3, 0.4) is 0 Å². The van der Waals surface area contributed by atoms with Crippen molar-refractivity contribution in [3.63, 3.8) is 0 Å². The molecule has 0 atom stereocenters. The molecule has 0 aromatic heterocycles. The quantitative estimate of drug-likeness (QED) is 0.503. The van der Waals surface area contributed by atoms with Gasteiger partial charge in [-0.15, -0.1) is 0 Å². The van der Waals surface area contributed by atoms with Crippen LogP contribution in [0.2, 0.25) is 0 Å². The van der Waals surface area contributed by atoms with E-state index < -0.39 is 5.97 Å². The van der Waals surface area contributed by atoms with Crippen LogP contribution >= 0.6 is 0 Å².